The first-order chi connectivity index (χ1) is 10.8. The average molecular weight is 298 g/mol. The molecule has 1 aliphatic carbocycles. The van der Waals surface area contributed by atoms with E-state index in [2.05, 4.69) is 10.3 Å². The normalized spacial score (nSPS) is 13.9. The van der Waals surface area contributed by atoms with Crippen LogP contribution < -0.4 is 15.8 Å². The summed E-state index contributed by atoms with van der Waals surface area (Å²) in [7, 11) is 1.68. The number of hydrogen-bond donors (Lipinski definition) is 2. The van der Waals surface area contributed by atoms with Crippen molar-refractivity contribution in [1.82, 2.24) is 9.97 Å². The molecule has 2 aromatic rings. The van der Waals surface area contributed by atoms with Gasteiger partial charge in [-0.1, -0.05) is 12.1 Å². The lowest BCUT2D eigenvalue weighted by Gasteiger charge is -2.14. The van der Waals surface area contributed by atoms with Gasteiger partial charge in [-0.2, -0.15) is 0 Å². The highest BCUT2D eigenvalue weighted by atomic mass is 16.5. The van der Waals surface area contributed by atoms with E-state index in [0.717, 1.165) is 41.5 Å². The molecule has 0 saturated heterocycles. The predicted molar refractivity (Wildman–Crippen MR) is 88.2 cm³/mol. The van der Waals surface area contributed by atoms with Crippen molar-refractivity contribution in [2.75, 3.05) is 25.5 Å². The van der Waals surface area contributed by atoms with Crippen molar-refractivity contribution >= 4 is 5.69 Å². The van der Waals surface area contributed by atoms with E-state index in [4.69, 9.17) is 15.5 Å². The molecule has 0 bridgehead atoms. The van der Waals surface area contributed by atoms with Gasteiger partial charge in [-0.25, -0.2) is 9.97 Å². The highest BCUT2D eigenvalue weighted by Gasteiger charge is 2.27. The Labute approximate surface area is 130 Å². The third-order valence-electron chi connectivity index (χ3n) is 3.81. The molecule has 1 heterocycles. The van der Waals surface area contributed by atoms with Crippen molar-refractivity contribution in [1.29, 1.82) is 0 Å². The molecule has 22 heavy (non-hydrogen) atoms. The lowest BCUT2D eigenvalue weighted by Crippen LogP contribution is -2.10. The van der Waals surface area contributed by atoms with Crippen molar-refractivity contribution in [2.24, 2.45) is 5.73 Å². The van der Waals surface area contributed by atoms with Crippen LogP contribution in [0.1, 0.15) is 31.0 Å². The summed E-state index contributed by atoms with van der Waals surface area (Å²) in [4.78, 5) is 9.32. The molecule has 5 heteroatoms. The minimum atomic E-state index is 0.520. The maximum atomic E-state index is 5.57. The molecule has 0 unspecified atom stereocenters. The van der Waals surface area contributed by atoms with Gasteiger partial charge in [0.15, 0.2) is 0 Å². The number of ether oxygens (including phenoxy) is 1. The molecule has 0 radical (unpaired) electrons. The minimum Gasteiger partial charge on any atom is -0.496 e. The predicted octanol–water partition coefficient (Wildman–Crippen LogP) is 2.79. The fourth-order valence-electron chi connectivity index (χ4n) is 2.43. The van der Waals surface area contributed by atoms with Gasteiger partial charge >= 0.3 is 0 Å². The Hall–Kier alpha value is -2.14. The number of nitrogens with two attached hydrogens (primary N) is 1. The lowest BCUT2D eigenvalue weighted by molar-refractivity contribution is 0.416. The van der Waals surface area contributed by atoms with Crippen LogP contribution in [0.15, 0.2) is 30.5 Å². The summed E-state index contributed by atoms with van der Waals surface area (Å²) in [6.45, 7) is 1.47. The Balaban J connectivity index is 1.99. The van der Waals surface area contributed by atoms with E-state index < -0.39 is 0 Å². The topological polar surface area (TPSA) is 73.1 Å². The van der Waals surface area contributed by atoms with Gasteiger partial charge in [0, 0.05) is 18.0 Å². The number of rotatable bonds is 7. The van der Waals surface area contributed by atoms with Crippen molar-refractivity contribution in [3.63, 3.8) is 0 Å². The molecule has 5 nitrogen and oxygen atoms in total. The van der Waals surface area contributed by atoms with Gasteiger partial charge < -0.3 is 15.8 Å². The Morgan fingerprint density at radius 2 is 2.14 bits per heavy atom. The van der Waals surface area contributed by atoms with Gasteiger partial charge in [-0.3, -0.25) is 0 Å². The Morgan fingerprint density at radius 1 is 1.32 bits per heavy atom. The maximum Gasteiger partial charge on any atom is 0.132 e. The number of nitrogens with one attached hydrogen (secondary N) is 1. The van der Waals surface area contributed by atoms with Crippen LogP contribution in [0.2, 0.25) is 0 Å². The third-order valence-corrected chi connectivity index (χ3v) is 3.81. The van der Waals surface area contributed by atoms with Crippen LogP contribution in [0.5, 0.6) is 5.75 Å². The molecule has 1 fully saturated rings. The second-order valence-electron chi connectivity index (χ2n) is 5.53. The third kappa shape index (κ3) is 3.20. The molecule has 0 spiro atoms. The molecule has 3 N–H and O–H groups in total. The van der Waals surface area contributed by atoms with Crippen molar-refractivity contribution in [2.45, 2.75) is 25.2 Å². The fourth-order valence-corrected chi connectivity index (χ4v) is 2.43. The zero-order valence-corrected chi connectivity index (χ0v) is 12.9. The number of anilines is 1. The minimum absolute atomic E-state index is 0.520. The number of methoxy groups -OCH3 is 1. The number of nitrogens with zero attached hydrogens (tertiary/aromatic N) is 2. The van der Waals surface area contributed by atoms with Gasteiger partial charge in [0.1, 0.15) is 17.3 Å². The zero-order valence-electron chi connectivity index (χ0n) is 12.9. The second-order valence-corrected chi connectivity index (χ2v) is 5.53. The standard InChI is InChI=1S/C17H22N4O/c1-22-15-6-3-2-5-13(15)16-14(19-10-4-9-18)11-20-17(21-16)12-7-8-12/h2-3,5-6,11-12,19H,4,7-10,18H2,1H3. The molecule has 3 rings (SSSR count). The molecule has 1 aromatic carbocycles. The van der Waals surface area contributed by atoms with Gasteiger partial charge in [0.05, 0.1) is 19.0 Å². The van der Waals surface area contributed by atoms with E-state index >= 15 is 0 Å². The summed E-state index contributed by atoms with van der Waals surface area (Å²) in [5.74, 6) is 2.28. The number of aromatic nitrogens is 2. The molecule has 0 atom stereocenters. The summed E-state index contributed by atoms with van der Waals surface area (Å²) < 4.78 is 5.49. The number of para-hydroxylation sites is 1. The largest absolute Gasteiger partial charge is 0.496 e. The SMILES string of the molecule is COc1ccccc1-c1nc(C2CC2)ncc1NCCCN. The van der Waals surface area contributed by atoms with Crippen LogP contribution in [-0.2, 0) is 0 Å². The number of benzene rings is 1. The highest BCUT2D eigenvalue weighted by molar-refractivity contribution is 5.78. The zero-order chi connectivity index (χ0) is 15.4. The molecule has 1 aliphatic rings. The Morgan fingerprint density at radius 3 is 2.86 bits per heavy atom. The first-order valence-corrected chi connectivity index (χ1v) is 7.77. The average Bonchev–Trinajstić information content (AvgIpc) is 3.40. The Bertz CT molecular complexity index is 640. The van der Waals surface area contributed by atoms with E-state index in [1.54, 1.807) is 7.11 Å². The summed E-state index contributed by atoms with van der Waals surface area (Å²) in [6.07, 6.45) is 5.17. The van der Waals surface area contributed by atoms with Crippen molar-refractivity contribution in [3.05, 3.63) is 36.3 Å². The van der Waals surface area contributed by atoms with Crippen LogP contribution in [-0.4, -0.2) is 30.2 Å². The number of hydrogen-bond acceptors (Lipinski definition) is 5. The smallest absolute Gasteiger partial charge is 0.132 e. The molecule has 1 aromatic heterocycles. The van der Waals surface area contributed by atoms with Crippen LogP contribution >= 0.6 is 0 Å². The molecule has 116 valence electrons. The van der Waals surface area contributed by atoms with Crippen LogP contribution in [0.3, 0.4) is 0 Å². The van der Waals surface area contributed by atoms with Crippen LogP contribution in [0.4, 0.5) is 5.69 Å². The lowest BCUT2D eigenvalue weighted by atomic mass is 10.1. The molecule has 0 amide bonds. The van der Waals surface area contributed by atoms with Crippen molar-refractivity contribution < 1.29 is 4.74 Å². The summed E-state index contributed by atoms with van der Waals surface area (Å²) in [6, 6.07) is 7.96. The van der Waals surface area contributed by atoms with Gasteiger partial charge in [-0.05, 0) is 37.9 Å². The van der Waals surface area contributed by atoms with Gasteiger partial charge in [0.2, 0.25) is 0 Å². The van der Waals surface area contributed by atoms with Gasteiger partial charge in [-0.15, -0.1) is 0 Å². The molecule has 1 saturated carbocycles. The van der Waals surface area contributed by atoms with E-state index in [1.807, 2.05) is 30.5 Å². The quantitative estimate of drug-likeness (QED) is 0.769. The first-order valence-electron chi connectivity index (χ1n) is 7.77. The molecular weight excluding hydrogens is 276 g/mol. The Kier molecular flexibility index (Phi) is 4.53. The van der Waals surface area contributed by atoms with E-state index in [0.29, 0.717) is 12.5 Å². The van der Waals surface area contributed by atoms with E-state index in [-0.39, 0.29) is 0 Å². The van der Waals surface area contributed by atoms with Crippen LogP contribution in [0, 0.1) is 0 Å². The monoisotopic (exact) mass is 298 g/mol. The van der Waals surface area contributed by atoms with E-state index in [1.165, 1.54) is 12.8 Å². The van der Waals surface area contributed by atoms with Gasteiger partial charge in [0.25, 0.3) is 0 Å². The first kappa shape index (κ1) is 14.8. The second kappa shape index (κ2) is 6.75. The molecule has 0 aliphatic heterocycles. The summed E-state index contributed by atoms with van der Waals surface area (Å²) in [5.41, 5.74) is 8.40. The fraction of sp³-hybridized carbons (Fsp3) is 0.412. The highest BCUT2D eigenvalue weighted by Crippen LogP contribution is 2.40. The summed E-state index contributed by atoms with van der Waals surface area (Å²) in [5, 5.41) is 3.39. The van der Waals surface area contributed by atoms with Crippen LogP contribution in [0.25, 0.3) is 11.3 Å². The molecular formula is C17H22N4O. The van der Waals surface area contributed by atoms with Crippen molar-refractivity contribution in [3.8, 4) is 17.0 Å². The maximum absolute atomic E-state index is 5.57. The van der Waals surface area contributed by atoms with E-state index in [9.17, 15) is 0 Å². The summed E-state index contributed by atoms with van der Waals surface area (Å²) >= 11 is 0.